The predicted molar refractivity (Wildman–Crippen MR) is 59.6 cm³/mol. The van der Waals surface area contributed by atoms with Gasteiger partial charge in [-0.3, -0.25) is 9.19 Å². The molecule has 0 radical (unpaired) electrons. The smallest absolute Gasteiger partial charge is 0.0357 e. The Balaban J connectivity index is 2.36. The first-order valence-corrected chi connectivity index (χ1v) is 6.36. The second-order valence-corrected chi connectivity index (χ2v) is 4.79. The number of nitrogens with one attached hydrogen (secondary N) is 1. The van der Waals surface area contributed by atoms with E-state index < -0.39 is 10.8 Å². The van der Waals surface area contributed by atoms with E-state index in [0.717, 1.165) is 6.54 Å². The van der Waals surface area contributed by atoms with Crippen molar-refractivity contribution in [3.05, 3.63) is 30.1 Å². The first-order chi connectivity index (χ1) is 6.70. The van der Waals surface area contributed by atoms with E-state index in [1.54, 1.807) is 18.6 Å². The number of pyridine rings is 1. The third kappa shape index (κ3) is 3.98. The van der Waals surface area contributed by atoms with Gasteiger partial charge in [-0.2, -0.15) is 0 Å². The van der Waals surface area contributed by atoms with Gasteiger partial charge in [0.15, 0.2) is 0 Å². The Morgan fingerprint density at radius 2 is 2.14 bits per heavy atom. The van der Waals surface area contributed by atoms with Crippen molar-refractivity contribution in [1.82, 2.24) is 10.3 Å². The van der Waals surface area contributed by atoms with Gasteiger partial charge in [-0.05, 0) is 24.6 Å². The van der Waals surface area contributed by atoms with Crippen LogP contribution in [0, 0.1) is 0 Å². The fraction of sp³-hybridized carbons (Fsp3) is 0.500. The second kappa shape index (κ2) is 5.88. The molecule has 14 heavy (non-hydrogen) atoms. The zero-order valence-corrected chi connectivity index (χ0v) is 9.38. The summed E-state index contributed by atoms with van der Waals surface area (Å²) in [6.07, 6.45) is 5.29. The highest BCUT2D eigenvalue weighted by Gasteiger charge is 2.03. The van der Waals surface area contributed by atoms with Crippen molar-refractivity contribution in [3.8, 4) is 0 Å². The van der Waals surface area contributed by atoms with E-state index in [2.05, 4.69) is 17.2 Å². The van der Waals surface area contributed by atoms with Gasteiger partial charge < -0.3 is 5.32 Å². The maximum absolute atomic E-state index is 10.8. The van der Waals surface area contributed by atoms with Gasteiger partial charge in [0.2, 0.25) is 0 Å². The molecule has 0 aliphatic carbocycles. The molecule has 1 rings (SSSR count). The topological polar surface area (TPSA) is 42.0 Å². The molecule has 0 spiro atoms. The number of hydrogen-bond acceptors (Lipinski definition) is 3. The summed E-state index contributed by atoms with van der Waals surface area (Å²) >= 11 is 0. The fourth-order valence-corrected chi connectivity index (χ4v) is 1.59. The molecular formula is C10H16N2OS. The Morgan fingerprint density at radius 1 is 1.50 bits per heavy atom. The lowest BCUT2D eigenvalue weighted by Crippen LogP contribution is -2.23. The molecule has 0 bridgehead atoms. The Labute approximate surface area is 87.4 Å². The van der Waals surface area contributed by atoms with E-state index in [1.165, 1.54) is 5.56 Å². The minimum atomic E-state index is -0.713. The third-order valence-corrected chi connectivity index (χ3v) is 2.83. The molecule has 3 nitrogen and oxygen atoms in total. The van der Waals surface area contributed by atoms with Crippen LogP contribution in [0.25, 0.3) is 0 Å². The van der Waals surface area contributed by atoms with Crippen LogP contribution in [0.3, 0.4) is 0 Å². The van der Waals surface area contributed by atoms with Crippen LogP contribution in [0.1, 0.15) is 18.5 Å². The molecule has 0 aliphatic rings. The Hall–Kier alpha value is -0.740. The van der Waals surface area contributed by atoms with Crippen LogP contribution in [-0.4, -0.2) is 27.7 Å². The van der Waals surface area contributed by atoms with Crippen LogP contribution in [0.2, 0.25) is 0 Å². The van der Waals surface area contributed by atoms with Gasteiger partial charge in [0, 0.05) is 47.8 Å². The number of rotatable bonds is 5. The van der Waals surface area contributed by atoms with E-state index >= 15 is 0 Å². The summed E-state index contributed by atoms with van der Waals surface area (Å²) in [5.74, 6) is 0.704. The summed E-state index contributed by atoms with van der Waals surface area (Å²) in [7, 11) is -0.713. The lowest BCUT2D eigenvalue weighted by molar-refractivity contribution is 0.596. The lowest BCUT2D eigenvalue weighted by Gasteiger charge is -2.12. The normalized spacial score (nSPS) is 15.0. The van der Waals surface area contributed by atoms with Gasteiger partial charge in [0.05, 0.1) is 0 Å². The zero-order valence-electron chi connectivity index (χ0n) is 8.56. The van der Waals surface area contributed by atoms with Crippen molar-refractivity contribution < 1.29 is 4.21 Å². The minimum Gasteiger partial charge on any atom is -0.309 e. The molecule has 4 heteroatoms. The maximum atomic E-state index is 10.8. The van der Waals surface area contributed by atoms with E-state index in [9.17, 15) is 4.21 Å². The van der Waals surface area contributed by atoms with E-state index in [-0.39, 0.29) is 0 Å². The number of hydrogen-bond donors (Lipinski definition) is 1. The minimum absolute atomic E-state index is 0.293. The molecule has 2 atom stereocenters. The molecule has 0 aliphatic heterocycles. The predicted octanol–water partition coefficient (Wildman–Crippen LogP) is 1.11. The molecular weight excluding hydrogens is 196 g/mol. The molecule has 0 amide bonds. The average Bonchev–Trinajstić information content (AvgIpc) is 2.18. The monoisotopic (exact) mass is 212 g/mol. The van der Waals surface area contributed by atoms with Crippen LogP contribution in [0.4, 0.5) is 0 Å². The first-order valence-electron chi connectivity index (χ1n) is 4.63. The van der Waals surface area contributed by atoms with Crippen LogP contribution in [-0.2, 0) is 10.8 Å². The van der Waals surface area contributed by atoms with Crippen molar-refractivity contribution in [2.75, 3.05) is 18.6 Å². The van der Waals surface area contributed by atoms with Crippen molar-refractivity contribution in [2.24, 2.45) is 0 Å². The number of nitrogens with zero attached hydrogens (tertiary/aromatic N) is 1. The molecule has 0 saturated heterocycles. The van der Waals surface area contributed by atoms with Crippen molar-refractivity contribution in [2.45, 2.75) is 13.0 Å². The van der Waals surface area contributed by atoms with Crippen LogP contribution < -0.4 is 5.32 Å². The lowest BCUT2D eigenvalue weighted by atomic mass is 10.1. The Morgan fingerprint density at radius 3 is 2.71 bits per heavy atom. The Bertz CT molecular complexity index is 289. The molecule has 1 heterocycles. The van der Waals surface area contributed by atoms with Gasteiger partial charge in [-0.1, -0.05) is 0 Å². The molecule has 2 unspecified atom stereocenters. The highest BCUT2D eigenvalue weighted by Crippen LogP contribution is 2.09. The fourth-order valence-electron chi connectivity index (χ4n) is 1.19. The molecule has 1 aromatic heterocycles. The zero-order chi connectivity index (χ0) is 10.4. The second-order valence-electron chi connectivity index (χ2n) is 3.23. The largest absolute Gasteiger partial charge is 0.309 e. The quantitative estimate of drug-likeness (QED) is 0.795. The third-order valence-electron chi connectivity index (χ3n) is 2.05. The highest BCUT2D eigenvalue weighted by atomic mass is 32.2. The van der Waals surface area contributed by atoms with Crippen LogP contribution >= 0.6 is 0 Å². The molecule has 1 N–H and O–H groups in total. The first kappa shape index (κ1) is 11.3. The summed E-state index contributed by atoms with van der Waals surface area (Å²) in [4.78, 5) is 3.96. The highest BCUT2D eigenvalue weighted by molar-refractivity contribution is 7.84. The van der Waals surface area contributed by atoms with E-state index in [4.69, 9.17) is 0 Å². The number of aromatic nitrogens is 1. The maximum Gasteiger partial charge on any atom is 0.0357 e. The summed E-state index contributed by atoms with van der Waals surface area (Å²) < 4.78 is 10.8. The SMILES string of the molecule is CC(NCCS(C)=O)c1ccncc1. The molecule has 78 valence electrons. The average molecular weight is 212 g/mol. The van der Waals surface area contributed by atoms with Gasteiger partial charge in [-0.25, -0.2) is 0 Å². The van der Waals surface area contributed by atoms with E-state index in [1.807, 2.05) is 12.1 Å². The standard InChI is InChI=1S/C10H16N2OS/c1-9(12-7-8-14(2)13)10-3-5-11-6-4-10/h3-6,9,12H,7-8H2,1-2H3. The molecule has 0 aromatic carbocycles. The summed E-state index contributed by atoms with van der Waals surface area (Å²) in [5, 5.41) is 3.31. The molecule has 1 aromatic rings. The Kier molecular flexibility index (Phi) is 4.76. The summed E-state index contributed by atoms with van der Waals surface area (Å²) in [5.41, 5.74) is 1.21. The van der Waals surface area contributed by atoms with Crippen LogP contribution in [0.15, 0.2) is 24.5 Å². The van der Waals surface area contributed by atoms with Crippen molar-refractivity contribution in [3.63, 3.8) is 0 Å². The summed E-state index contributed by atoms with van der Waals surface area (Å²) in [6.45, 7) is 2.88. The van der Waals surface area contributed by atoms with Gasteiger partial charge >= 0.3 is 0 Å². The van der Waals surface area contributed by atoms with Gasteiger partial charge in [0.25, 0.3) is 0 Å². The summed E-state index contributed by atoms with van der Waals surface area (Å²) in [6, 6.07) is 4.27. The molecule has 0 fully saturated rings. The van der Waals surface area contributed by atoms with Crippen molar-refractivity contribution in [1.29, 1.82) is 0 Å². The van der Waals surface area contributed by atoms with Crippen LogP contribution in [0.5, 0.6) is 0 Å². The van der Waals surface area contributed by atoms with E-state index in [0.29, 0.717) is 11.8 Å². The van der Waals surface area contributed by atoms with Gasteiger partial charge in [-0.15, -0.1) is 0 Å². The van der Waals surface area contributed by atoms with Crippen molar-refractivity contribution >= 4 is 10.8 Å². The molecule has 0 saturated carbocycles. The van der Waals surface area contributed by atoms with Gasteiger partial charge in [0.1, 0.15) is 0 Å².